The molecule has 1 heterocycles. The van der Waals surface area contributed by atoms with Gasteiger partial charge >= 0.3 is 0 Å². The Balaban J connectivity index is 1.62. The fourth-order valence-electron chi connectivity index (χ4n) is 3.00. The van der Waals surface area contributed by atoms with Crippen LogP contribution in [0, 0.1) is 5.92 Å². The highest BCUT2D eigenvalue weighted by molar-refractivity contribution is 6.00. The average Bonchev–Trinajstić information content (AvgIpc) is 2.96. The average molecular weight is 258 g/mol. The lowest BCUT2D eigenvalue weighted by atomic mass is 10.0. The molecule has 3 rings (SSSR count). The Morgan fingerprint density at radius 1 is 1.32 bits per heavy atom. The van der Waals surface area contributed by atoms with Crippen LogP contribution in [0.25, 0.3) is 0 Å². The van der Waals surface area contributed by atoms with E-state index in [0.29, 0.717) is 18.8 Å². The predicted octanol–water partition coefficient (Wildman–Crippen LogP) is 2.70. The number of carbonyl (C=O) groups excluding carboxylic acids is 2. The number of anilines is 2. The number of benzene rings is 1. The Morgan fingerprint density at radius 2 is 2.11 bits per heavy atom. The van der Waals surface area contributed by atoms with E-state index in [9.17, 15) is 9.59 Å². The van der Waals surface area contributed by atoms with E-state index in [2.05, 4.69) is 10.6 Å². The van der Waals surface area contributed by atoms with Crippen LogP contribution in [0.5, 0.6) is 0 Å². The molecule has 1 saturated carbocycles. The van der Waals surface area contributed by atoms with Crippen LogP contribution < -0.4 is 10.6 Å². The van der Waals surface area contributed by atoms with Crippen LogP contribution in [0.4, 0.5) is 11.4 Å². The molecular weight excluding hydrogens is 240 g/mol. The van der Waals surface area contributed by atoms with E-state index < -0.39 is 0 Å². The van der Waals surface area contributed by atoms with E-state index in [0.717, 1.165) is 16.9 Å². The van der Waals surface area contributed by atoms with Crippen molar-refractivity contribution in [3.05, 3.63) is 23.8 Å². The number of carbonyl (C=O) groups is 2. The molecule has 4 nitrogen and oxygen atoms in total. The molecule has 100 valence electrons. The predicted molar refractivity (Wildman–Crippen MR) is 74.0 cm³/mol. The second-order valence-electron chi connectivity index (χ2n) is 5.50. The topological polar surface area (TPSA) is 58.2 Å². The fourth-order valence-corrected chi connectivity index (χ4v) is 3.00. The van der Waals surface area contributed by atoms with Crippen molar-refractivity contribution in [3.8, 4) is 0 Å². The molecule has 1 aliphatic heterocycles. The zero-order valence-electron chi connectivity index (χ0n) is 10.9. The van der Waals surface area contributed by atoms with Crippen molar-refractivity contribution in [2.75, 3.05) is 10.6 Å². The summed E-state index contributed by atoms with van der Waals surface area (Å²) < 4.78 is 0. The van der Waals surface area contributed by atoms with Gasteiger partial charge in [0.05, 0.1) is 6.42 Å². The molecule has 1 aliphatic carbocycles. The minimum absolute atomic E-state index is 0.0180. The third-order valence-corrected chi connectivity index (χ3v) is 3.96. The van der Waals surface area contributed by atoms with Crippen molar-refractivity contribution in [1.82, 2.24) is 0 Å². The van der Waals surface area contributed by atoms with Crippen LogP contribution in [0.1, 0.15) is 37.7 Å². The van der Waals surface area contributed by atoms with Crippen LogP contribution in [-0.4, -0.2) is 11.8 Å². The Hall–Kier alpha value is -1.84. The lowest BCUT2D eigenvalue weighted by Crippen LogP contribution is -2.15. The third kappa shape index (κ3) is 2.78. The van der Waals surface area contributed by atoms with Crippen LogP contribution in [0.3, 0.4) is 0 Å². The summed E-state index contributed by atoms with van der Waals surface area (Å²) in [4.78, 5) is 23.2. The van der Waals surface area contributed by atoms with Crippen LogP contribution in [-0.2, 0) is 16.0 Å². The second kappa shape index (κ2) is 5.03. The zero-order chi connectivity index (χ0) is 13.2. The molecule has 19 heavy (non-hydrogen) atoms. The van der Waals surface area contributed by atoms with Gasteiger partial charge < -0.3 is 10.6 Å². The second-order valence-corrected chi connectivity index (χ2v) is 5.50. The Labute approximate surface area is 112 Å². The van der Waals surface area contributed by atoms with E-state index in [1.165, 1.54) is 25.7 Å². The van der Waals surface area contributed by atoms with Gasteiger partial charge in [0, 0.05) is 17.8 Å². The SMILES string of the molecule is O=C(CC1CCCC1)Nc1ccc2c(c1)CC(=O)N2. The van der Waals surface area contributed by atoms with Gasteiger partial charge in [0.2, 0.25) is 11.8 Å². The number of hydrogen-bond donors (Lipinski definition) is 2. The van der Waals surface area contributed by atoms with Crippen molar-refractivity contribution in [2.24, 2.45) is 5.92 Å². The van der Waals surface area contributed by atoms with E-state index in [1.807, 2.05) is 18.2 Å². The largest absolute Gasteiger partial charge is 0.326 e. The third-order valence-electron chi connectivity index (χ3n) is 3.96. The summed E-state index contributed by atoms with van der Waals surface area (Å²) in [7, 11) is 0. The first-order valence-electron chi connectivity index (χ1n) is 6.93. The summed E-state index contributed by atoms with van der Waals surface area (Å²) in [6.07, 6.45) is 5.89. The molecule has 0 saturated heterocycles. The monoisotopic (exact) mass is 258 g/mol. The van der Waals surface area contributed by atoms with E-state index in [4.69, 9.17) is 0 Å². The van der Waals surface area contributed by atoms with Crippen molar-refractivity contribution in [2.45, 2.75) is 38.5 Å². The van der Waals surface area contributed by atoms with E-state index in [1.54, 1.807) is 0 Å². The van der Waals surface area contributed by atoms with Crippen LogP contribution >= 0.6 is 0 Å². The lowest BCUT2D eigenvalue weighted by Gasteiger charge is -2.10. The van der Waals surface area contributed by atoms with Crippen LogP contribution in [0.2, 0.25) is 0 Å². The number of hydrogen-bond acceptors (Lipinski definition) is 2. The van der Waals surface area contributed by atoms with Crippen molar-refractivity contribution >= 4 is 23.2 Å². The molecule has 1 aromatic rings. The molecule has 1 aromatic carbocycles. The molecule has 2 N–H and O–H groups in total. The molecule has 0 radical (unpaired) electrons. The van der Waals surface area contributed by atoms with Crippen molar-refractivity contribution < 1.29 is 9.59 Å². The summed E-state index contributed by atoms with van der Waals surface area (Å²) in [5.41, 5.74) is 2.61. The minimum atomic E-state index is 0.0180. The Morgan fingerprint density at radius 3 is 2.89 bits per heavy atom. The molecule has 0 aromatic heterocycles. The zero-order valence-corrected chi connectivity index (χ0v) is 10.9. The first kappa shape index (κ1) is 12.2. The fraction of sp³-hybridized carbons (Fsp3) is 0.467. The smallest absolute Gasteiger partial charge is 0.228 e. The molecule has 4 heteroatoms. The summed E-state index contributed by atoms with van der Waals surface area (Å²) in [5, 5.41) is 5.72. The quantitative estimate of drug-likeness (QED) is 0.875. The normalized spacial score (nSPS) is 18.2. The van der Waals surface area contributed by atoms with Gasteiger partial charge in [-0.3, -0.25) is 9.59 Å². The van der Waals surface area contributed by atoms with Crippen molar-refractivity contribution in [3.63, 3.8) is 0 Å². The molecular formula is C15H18N2O2. The summed E-state index contributed by atoms with van der Waals surface area (Å²) in [6, 6.07) is 5.59. The first-order valence-corrected chi connectivity index (χ1v) is 6.93. The maximum Gasteiger partial charge on any atom is 0.228 e. The maximum atomic E-state index is 11.9. The van der Waals surface area contributed by atoms with Gasteiger partial charge in [-0.25, -0.2) is 0 Å². The number of amides is 2. The van der Waals surface area contributed by atoms with Gasteiger partial charge in [-0.15, -0.1) is 0 Å². The van der Waals surface area contributed by atoms with Gasteiger partial charge in [0.15, 0.2) is 0 Å². The maximum absolute atomic E-state index is 11.9. The first-order chi connectivity index (χ1) is 9.20. The Bertz CT molecular complexity index is 519. The van der Waals surface area contributed by atoms with Gasteiger partial charge in [-0.05, 0) is 42.5 Å². The number of nitrogens with one attached hydrogen (secondary N) is 2. The molecule has 0 unspecified atom stereocenters. The van der Waals surface area contributed by atoms with Crippen molar-refractivity contribution in [1.29, 1.82) is 0 Å². The van der Waals surface area contributed by atoms with Crippen LogP contribution in [0.15, 0.2) is 18.2 Å². The Kier molecular flexibility index (Phi) is 3.23. The summed E-state index contributed by atoms with van der Waals surface area (Å²) in [6.45, 7) is 0. The molecule has 2 amide bonds. The number of rotatable bonds is 3. The lowest BCUT2D eigenvalue weighted by molar-refractivity contribution is -0.117. The minimum Gasteiger partial charge on any atom is -0.326 e. The summed E-state index contributed by atoms with van der Waals surface area (Å²) in [5.74, 6) is 0.659. The highest BCUT2D eigenvalue weighted by Crippen LogP contribution is 2.29. The number of fused-ring (bicyclic) bond motifs is 1. The van der Waals surface area contributed by atoms with Gasteiger partial charge in [0.25, 0.3) is 0 Å². The highest BCUT2D eigenvalue weighted by atomic mass is 16.2. The van der Waals surface area contributed by atoms with E-state index >= 15 is 0 Å². The van der Waals surface area contributed by atoms with Gasteiger partial charge in [-0.1, -0.05) is 12.8 Å². The van der Waals surface area contributed by atoms with Gasteiger partial charge in [-0.2, -0.15) is 0 Å². The standard InChI is InChI=1S/C15H18N2O2/c18-14(7-10-3-1-2-4-10)16-12-5-6-13-11(8-12)9-15(19)17-13/h5-6,8,10H,1-4,7,9H2,(H,16,18)(H,17,19). The highest BCUT2D eigenvalue weighted by Gasteiger charge is 2.20. The molecule has 0 bridgehead atoms. The van der Waals surface area contributed by atoms with Gasteiger partial charge in [0.1, 0.15) is 0 Å². The molecule has 0 atom stereocenters. The summed E-state index contributed by atoms with van der Waals surface area (Å²) >= 11 is 0. The molecule has 2 aliphatic rings. The van der Waals surface area contributed by atoms with E-state index in [-0.39, 0.29) is 11.8 Å². The molecule has 0 spiro atoms. The molecule has 1 fully saturated rings.